The third-order valence-corrected chi connectivity index (χ3v) is 18.4. The number of hydrogen-bond acceptors (Lipinski definition) is 6. The van der Waals surface area contributed by atoms with Gasteiger partial charge in [-0.25, -0.2) is 0 Å². The molecule has 0 aromatic rings. The molecule has 9 saturated carbocycles. The van der Waals surface area contributed by atoms with Gasteiger partial charge >= 0.3 is 0 Å². The third-order valence-electron chi connectivity index (χ3n) is 14.0. The van der Waals surface area contributed by atoms with Crippen LogP contribution >= 0.6 is 45.2 Å². The molecule has 0 aromatic carbocycles. The van der Waals surface area contributed by atoms with Gasteiger partial charge in [-0.1, -0.05) is 52.1 Å². The van der Waals surface area contributed by atoms with Gasteiger partial charge in [0.1, 0.15) is 20.7 Å². The Labute approximate surface area is 286 Å². The van der Waals surface area contributed by atoms with Crippen molar-refractivity contribution in [2.75, 3.05) is 4.43 Å². The maximum absolute atomic E-state index is 9.36. The van der Waals surface area contributed by atoms with Crippen molar-refractivity contribution in [2.24, 2.45) is 59.2 Å². The highest BCUT2D eigenvalue weighted by atomic mass is 127. The average Bonchev–Trinajstić information content (AvgIpc) is 2.97. The highest BCUT2D eigenvalue weighted by Gasteiger charge is 2.59. The van der Waals surface area contributed by atoms with Crippen LogP contribution in [0.3, 0.4) is 0 Å². The van der Waals surface area contributed by atoms with Crippen molar-refractivity contribution in [3.8, 4) is 0 Å². The average molecular weight is 818 g/mol. The summed E-state index contributed by atoms with van der Waals surface area (Å²) in [5.41, 5.74) is -0.474. The fourth-order valence-corrected chi connectivity index (χ4v) is 12.6. The molecule has 9 aliphatic carbocycles. The van der Waals surface area contributed by atoms with Crippen LogP contribution in [0.4, 0.5) is 0 Å². The Kier molecular flexibility index (Phi) is 8.44. The van der Waals surface area contributed by atoms with E-state index in [2.05, 4.69) is 66.0 Å². The molecule has 8 bridgehead atoms. The Bertz CT molecular complexity index is 1010. The summed E-state index contributed by atoms with van der Waals surface area (Å²) >= 11 is 4.76. The predicted octanol–water partition coefficient (Wildman–Crippen LogP) is 9.20. The molecule has 0 aliphatic heterocycles. The molecule has 0 radical (unpaired) electrons. The van der Waals surface area contributed by atoms with Gasteiger partial charge < -0.3 is 14.2 Å². The number of alkyl halides is 2. The molecule has 0 saturated heterocycles. The molecular formula is C35H53I2N3O3. The van der Waals surface area contributed by atoms with Crippen molar-refractivity contribution in [1.29, 1.82) is 16.2 Å². The lowest BCUT2D eigenvalue weighted by molar-refractivity contribution is -0.157. The summed E-state index contributed by atoms with van der Waals surface area (Å²) in [5, 5.41) is 27.6. The van der Waals surface area contributed by atoms with E-state index in [-0.39, 0.29) is 32.6 Å². The standard InChI is InChI=1S/C35H53I2N3O3/c1-4-35(37,18-36)32(40)41-29-16-23(30(38)42-33(2)25-7-19-5-20(9-25)10-26(33)8-19)15-24(17-29)31(39)43-34(3)27-11-21-6-22(13-27)14-28(34)12-21/h19-29,38-40H,4-18H2,1-3H3. The minimum absolute atomic E-state index is 0.106. The summed E-state index contributed by atoms with van der Waals surface area (Å²) in [7, 11) is 0. The van der Waals surface area contributed by atoms with Crippen molar-refractivity contribution in [3.63, 3.8) is 0 Å². The maximum atomic E-state index is 9.36. The van der Waals surface area contributed by atoms with Gasteiger partial charge in [-0.3, -0.25) is 16.2 Å². The number of rotatable bonds is 8. The van der Waals surface area contributed by atoms with E-state index in [1.54, 1.807) is 0 Å². The Balaban J connectivity index is 1.08. The molecule has 3 unspecified atom stereocenters. The fraction of sp³-hybridized carbons (Fsp3) is 0.914. The van der Waals surface area contributed by atoms with Crippen LogP contribution in [0.1, 0.15) is 111 Å². The first-order chi connectivity index (χ1) is 20.4. The Hall–Kier alpha value is -0.130. The molecule has 0 heterocycles. The van der Waals surface area contributed by atoms with Gasteiger partial charge in [0, 0.05) is 16.3 Å². The quantitative estimate of drug-likeness (QED) is 0.0987. The van der Waals surface area contributed by atoms with Crippen LogP contribution in [0.2, 0.25) is 0 Å². The van der Waals surface area contributed by atoms with E-state index in [4.69, 9.17) is 19.6 Å². The topological polar surface area (TPSA) is 99.2 Å². The van der Waals surface area contributed by atoms with E-state index in [0.29, 0.717) is 60.6 Å². The van der Waals surface area contributed by atoms with Crippen molar-refractivity contribution in [1.82, 2.24) is 0 Å². The number of nitrogens with one attached hydrogen (secondary N) is 3. The van der Waals surface area contributed by atoms with Gasteiger partial charge in [0.2, 0.25) is 0 Å². The van der Waals surface area contributed by atoms with E-state index >= 15 is 0 Å². The first kappa shape index (κ1) is 31.5. The van der Waals surface area contributed by atoms with E-state index in [1.807, 2.05) is 0 Å². The van der Waals surface area contributed by atoms with Crippen molar-refractivity contribution < 1.29 is 14.2 Å². The van der Waals surface area contributed by atoms with Crippen LogP contribution in [0.15, 0.2) is 0 Å². The molecule has 240 valence electrons. The van der Waals surface area contributed by atoms with E-state index in [1.165, 1.54) is 64.2 Å². The number of halogens is 2. The second kappa shape index (κ2) is 11.5. The summed E-state index contributed by atoms with van der Waals surface area (Å²) in [6.45, 7) is 6.74. The first-order valence-electron chi connectivity index (χ1n) is 17.5. The Morgan fingerprint density at radius 1 is 0.651 bits per heavy atom. The summed E-state index contributed by atoms with van der Waals surface area (Å²) in [5.74, 6) is 6.66. The molecule has 3 atom stereocenters. The van der Waals surface area contributed by atoms with Crippen molar-refractivity contribution in [3.05, 3.63) is 0 Å². The van der Waals surface area contributed by atoms with Gasteiger partial charge in [-0.2, -0.15) is 0 Å². The van der Waals surface area contributed by atoms with Crippen LogP contribution in [-0.2, 0) is 14.2 Å². The lowest BCUT2D eigenvalue weighted by Gasteiger charge is -2.60. The zero-order valence-corrected chi connectivity index (χ0v) is 30.8. The van der Waals surface area contributed by atoms with Gasteiger partial charge in [0.25, 0.3) is 0 Å². The highest BCUT2D eigenvalue weighted by Crippen LogP contribution is 2.61. The molecule has 0 spiro atoms. The molecule has 0 aromatic heterocycles. The van der Waals surface area contributed by atoms with Crippen molar-refractivity contribution in [2.45, 2.75) is 131 Å². The molecule has 3 N–H and O–H groups in total. The summed E-state index contributed by atoms with van der Waals surface area (Å²) in [4.78, 5) is 0. The van der Waals surface area contributed by atoms with E-state index in [9.17, 15) is 10.8 Å². The molecule has 9 fully saturated rings. The van der Waals surface area contributed by atoms with Crippen LogP contribution in [0.5, 0.6) is 0 Å². The van der Waals surface area contributed by atoms with Gasteiger partial charge in [0.15, 0.2) is 17.7 Å². The first-order valence-corrected chi connectivity index (χ1v) is 20.1. The predicted molar refractivity (Wildman–Crippen MR) is 188 cm³/mol. The lowest BCUT2D eigenvalue weighted by atomic mass is 9.50. The summed E-state index contributed by atoms with van der Waals surface area (Å²) in [6, 6.07) is 0. The molecule has 8 heteroatoms. The van der Waals surface area contributed by atoms with E-state index in [0.717, 1.165) is 34.5 Å². The summed E-state index contributed by atoms with van der Waals surface area (Å²) < 4.78 is 20.7. The zero-order chi connectivity index (χ0) is 30.3. The third kappa shape index (κ3) is 5.51. The fourth-order valence-electron chi connectivity index (χ4n) is 11.6. The van der Waals surface area contributed by atoms with Crippen LogP contribution < -0.4 is 0 Å². The molecule has 43 heavy (non-hydrogen) atoms. The van der Waals surface area contributed by atoms with E-state index < -0.39 is 0 Å². The van der Waals surface area contributed by atoms with Gasteiger partial charge in [0.05, 0.1) is 0 Å². The van der Waals surface area contributed by atoms with Crippen LogP contribution in [0, 0.1) is 75.4 Å². The smallest absolute Gasteiger partial charge is 0.197 e. The maximum Gasteiger partial charge on any atom is 0.197 e. The highest BCUT2D eigenvalue weighted by molar-refractivity contribution is 14.1. The summed E-state index contributed by atoms with van der Waals surface area (Å²) in [6.07, 6.45) is 15.7. The lowest BCUT2D eigenvalue weighted by Crippen LogP contribution is -2.59. The van der Waals surface area contributed by atoms with Crippen LogP contribution in [0.25, 0.3) is 0 Å². The van der Waals surface area contributed by atoms with Gasteiger partial charge in [-0.05, 0) is 151 Å². The second-order valence-electron chi connectivity index (χ2n) is 16.5. The molecule has 9 rings (SSSR count). The molecule has 9 aliphatic rings. The largest absolute Gasteiger partial charge is 0.477 e. The monoisotopic (exact) mass is 817 g/mol. The minimum atomic E-state index is -0.323. The second-order valence-corrected chi connectivity index (χ2v) is 19.4. The van der Waals surface area contributed by atoms with Crippen molar-refractivity contribution >= 4 is 62.9 Å². The molecular weight excluding hydrogens is 764 g/mol. The minimum Gasteiger partial charge on any atom is -0.477 e. The molecule has 0 amide bonds. The number of hydrogen-bond donors (Lipinski definition) is 3. The van der Waals surface area contributed by atoms with Gasteiger partial charge in [-0.15, -0.1) is 0 Å². The molecule has 6 nitrogen and oxygen atoms in total. The Morgan fingerprint density at radius 3 is 1.35 bits per heavy atom. The zero-order valence-electron chi connectivity index (χ0n) is 26.4. The SMILES string of the molecule is CCC(I)(CI)C(=N)OC1CC(C(=N)OC2(C)C3CC4CC(C3)CC2C4)CC(C(=N)OC2(C)C3CC4CC(C3)CC2C4)C1. The van der Waals surface area contributed by atoms with Crippen LogP contribution in [-0.4, -0.2) is 42.8 Å². The Morgan fingerprint density at radius 2 is 1.02 bits per heavy atom. The normalized spacial score (nSPS) is 48.9. The number of ether oxygens (including phenoxy) is 3.